The lowest BCUT2D eigenvalue weighted by Crippen LogP contribution is -2.43. The number of halogens is 1. The van der Waals surface area contributed by atoms with Crippen LogP contribution >= 0.6 is 11.6 Å². The molecule has 2 rings (SSSR count). The molecule has 0 spiro atoms. The van der Waals surface area contributed by atoms with Crippen LogP contribution in [0.3, 0.4) is 0 Å². The van der Waals surface area contributed by atoms with Gasteiger partial charge in [0.2, 0.25) is 0 Å². The van der Waals surface area contributed by atoms with Gasteiger partial charge in [0.05, 0.1) is 30.9 Å². The van der Waals surface area contributed by atoms with E-state index in [-0.39, 0.29) is 5.41 Å². The zero-order chi connectivity index (χ0) is 12.3. The molecule has 1 fully saturated rings. The van der Waals surface area contributed by atoms with Gasteiger partial charge in [0, 0.05) is 0 Å². The van der Waals surface area contributed by atoms with Crippen LogP contribution in [0, 0.1) is 16.7 Å². The molecule has 1 aromatic rings. The van der Waals surface area contributed by atoms with Crippen LogP contribution in [0.2, 0.25) is 5.02 Å². The highest BCUT2D eigenvalue weighted by Crippen LogP contribution is 2.33. The molecular formula is C13H14ClNO2. The first-order chi connectivity index (χ1) is 8.19. The predicted molar refractivity (Wildman–Crippen MR) is 65.2 cm³/mol. The quantitative estimate of drug-likeness (QED) is 0.826. The molecule has 0 unspecified atom stereocenters. The Morgan fingerprint density at radius 1 is 1.53 bits per heavy atom. The lowest BCUT2D eigenvalue weighted by atomic mass is 9.81. The summed E-state index contributed by atoms with van der Waals surface area (Å²) in [5.74, 6) is 0.689. The maximum atomic E-state index is 9.12. The zero-order valence-corrected chi connectivity index (χ0v) is 10.5. The molecule has 0 atom stereocenters. The largest absolute Gasteiger partial charge is 0.492 e. The fraction of sp³-hybridized carbons (Fsp3) is 0.462. The maximum Gasteiger partial charge on any atom is 0.137 e. The Morgan fingerprint density at radius 2 is 2.29 bits per heavy atom. The Bertz CT molecular complexity index is 449. The first-order valence-corrected chi connectivity index (χ1v) is 5.97. The number of hydrogen-bond acceptors (Lipinski definition) is 3. The summed E-state index contributed by atoms with van der Waals surface area (Å²) in [6.45, 7) is 3.53. The van der Waals surface area contributed by atoms with E-state index >= 15 is 0 Å². The van der Waals surface area contributed by atoms with Gasteiger partial charge in [-0.1, -0.05) is 17.7 Å². The van der Waals surface area contributed by atoms with E-state index in [2.05, 4.69) is 6.07 Å². The number of ether oxygens (including phenoxy) is 2. The van der Waals surface area contributed by atoms with Crippen LogP contribution < -0.4 is 4.74 Å². The molecule has 4 heteroatoms. The van der Waals surface area contributed by atoms with Crippen molar-refractivity contribution in [2.45, 2.75) is 13.3 Å². The SMILES string of the molecule is CCOc1ccc(CC2(C#N)COC2)cc1Cl. The topological polar surface area (TPSA) is 42.2 Å². The Balaban J connectivity index is 2.12. The summed E-state index contributed by atoms with van der Waals surface area (Å²) < 4.78 is 10.5. The number of rotatable bonds is 4. The molecular weight excluding hydrogens is 238 g/mol. The Hall–Kier alpha value is -1.24. The summed E-state index contributed by atoms with van der Waals surface area (Å²) in [4.78, 5) is 0. The standard InChI is InChI=1S/C13H14ClNO2/c1-2-17-12-4-3-10(5-11(12)14)6-13(7-15)8-16-9-13/h3-5H,2,6,8-9H2,1H3. The molecule has 1 saturated heterocycles. The van der Waals surface area contributed by atoms with Gasteiger partial charge in [-0.3, -0.25) is 0 Å². The van der Waals surface area contributed by atoms with E-state index in [1.54, 1.807) is 0 Å². The molecule has 0 amide bonds. The zero-order valence-electron chi connectivity index (χ0n) is 9.70. The van der Waals surface area contributed by atoms with Crippen LogP contribution in [0.1, 0.15) is 12.5 Å². The van der Waals surface area contributed by atoms with Crippen LogP contribution in [-0.2, 0) is 11.2 Å². The number of benzene rings is 1. The maximum absolute atomic E-state index is 9.12. The van der Waals surface area contributed by atoms with E-state index in [1.807, 2.05) is 25.1 Å². The monoisotopic (exact) mass is 251 g/mol. The highest BCUT2D eigenvalue weighted by Gasteiger charge is 2.39. The van der Waals surface area contributed by atoms with E-state index in [1.165, 1.54) is 0 Å². The molecule has 0 bridgehead atoms. The summed E-state index contributed by atoms with van der Waals surface area (Å²) in [6, 6.07) is 7.99. The van der Waals surface area contributed by atoms with Crippen molar-refractivity contribution >= 4 is 11.6 Å². The normalized spacial score (nSPS) is 17.0. The highest BCUT2D eigenvalue weighted by atomic mass is 35.5. The molecule has 90 valence electrons. The van der Waals surface area contributed by atoms with Crippen LogP contribution in [0.4, 0.5) is 0 Å². The molecule has 3 nitrogen and oxygen atoms in total. The molecule has 0 aliphatic carbocycles. The molecule has 0 saturated carbocycles. The summed E-state index contributed by atoms with van der Waals surface area (Å²) in [5.41, 5.74) is 0.680. The second-order valence-corrected chi connectivity index (χ2v) is 4.67. The second kappa shape index (κ2) is 4.95. The van der Waals surface area contributed by atoms with Gasteiger partial charge in [0.15, 0.2) is 0 Å². The van der Waals surface area contributed by atoms with Gasteiger partial charge in [-0.05, 0) is 31.0 Å². The van der Waals surface area contributed by atoms with E-state index in [0.29, 0.717) is 37.0 Å². The first-order valence-electron chi connectivity index (χ1n) is 5.59. The molecule has 17 heavy (non-hydrogen) atoms. The summed E-state index contributed by atoms with van der Waals surface area (Å²) in [7, 11) is 0. The number of hydrogen-bond donors (Lipinski definition) is 0. The molecule has 0 aromatic heterocycles. The van der Waals surface area contributed by atoms with Crippen LogP contribution in [0.25, 0.3) is 0 Å². The highest BCUT2D eigenvalue weighted by molar-refractivity contribution is 6.32. The molecule has 0 N–H and O–H groups in total. The lowest BCUT2D eigenvalue weighted by Gasteiger charge is -2.35. The van der Waals surface area contributed by atoms with Gasteiger partial charge >= 0.3 is 0 Å². The minimum absolute atomic E-state index is 0.365. The minimum Gasteiger partial charge on any atom is -0.492 e. The third kappa shape index (κ3) is 2.54. The van der Waals surface area contributed by atoms with Crippen molar-refractivity contribution in [1.82, 2.24) is 0 Å². The third-order valence-corrected chi connectivity index (χ3v) is 3.13. The van der Waals surface area contributed by atoms with E-state index in [9.17, 15) is 0 Å². The summed E-state index contributed by atoms with van der Waals surface area (Å²) in [6.07, 6.45) is 0.676. The summed E-state index contributed by atoms with van der Waals surface area (Å²) >= 11 is 6.10. The molecule has 1 aliphatic heterocycles. The van der Waals surface area contributed by atoms with Crippen molar-refractivity contribution in [3.8, 4) is 11.8 Å². The molecule has 1 heterocycles. The lowest BCUT2D eigenvalue weighted by molar-refractivity contribution is -0.0765. The van der Waals surface area contributed by atoms with Gasteiger partial charge in [0.25, 0.3) is 0 Å². The van der Waals surface area contributed by atoms with Crippen molar-refractivity contribution < 1.29 is 9.47 Å². The number of nitriles is 1. The van der Waals surface area contributed by atoms with Crippen molar-refractivity contribution in [2.24, 2.45) is 5.41 Å². The van der Waals surface area contributed by atoms with Crippen LogP contribution in [0.15, 0.2) is 18.2 Å². The van der Waals surface area contributed by atoms with Crippen LogP contribution in [0.5, 0.6) is 5.75 Å². The van der Waals surface area contributed by atoms with Gasteiger partial charge in [-0.15, -0.1) is 0 Å². The van der Waals surface area contributed by atoms with E-state index in [0.717, 1.165) is 5.56 Å². The Labute approximate surface area is 106 Å². The van der Waals surface area contributed by atoms with Crippen molar-refractivity contribution in [3.05, 3.63) is 28.8 Å². The van der Waals surface area contributed by atoms with Crippen molar-refractivity contribution in [1.29, 1.82) is 5.26 Å². The molecule has 1 aromatic carbocycles. The van der Waals surface area contributed by atoms with E-state index < -0.39 is 0 Å². The Morgan fingerprint density at radius 3 is 2.76 bits per heavy atom. The second-order valence-electron chi connectivity index (χ2n) is 4.26. The fourth-order valence-electron chi connectivity index (χ4n) is 1.87. The average Bonchev–Trinajstić information content (AvgIpc) is 2.27. The van der Waals surface area contributed by atoms with Crippen molar-refractivity contribution in [3.63, 3.8) is 0 Å². The van der Waals surface area contributed by atoms with Gasteiger partial charge < -0.3 is 9.47 Å². The Kier molecular flexibility index (Phi) is 3.56. The first kappa shape index (κ1) is 12.2. The molecule has 1 aliphatic rings. The predicted octanol–water partition coefficient (Wildman–Crippen LogP) is 2.82. The van der Waals surface area contributed by atoms with Crippen LogP contribution in [-0.4, -0.2) is 19.8 Å². The molecule has 0 radical (unpaired) electrons. The summed E-state index contributed by atoms with van der Waals surface area (Å²) in [5, 5.41) is 9.71. The average molecular weight is 252 g/mol. The minimum atomic E-state index is -0.365. The van der Waals surface area contributed by atoms with Gasteiger partial charge in [-0.2, -0.15) is 5.26 Å². The van der Waals surface area contributed by atoms with Gasteiger partial charge in [0.1, 0.15) is 11.2 Å². The van der Waals surface area contributed by atoms with E-state index in [4.69, 9.17) is 26.3 Å². The smallest absolute Gasteiger partial charge is 0.137 e. The number of nitrogens with zero attached hydrogens (tertiary/aromatic N) is 1. The fourth-order valence-corrected chi connectivity index (χ4v) is 2.13. The van der Waals surface area contributed by atoms with Crippen molar-refractivity contribution in [2.75, 3.05) is 19.8 Å². The van der Waals surface area contributed by atoms with Gasteiger partial charge in [-0.25, -0.2) is 0 Å². The third-order valence-electron chi connectivity index (χ3n) is 2.83.